The lowest BCUT2D eigenvalue weighted by Crippen LogP contribution is -2.33. The Bertz CT molecular complexity index is 241. The first-order valence-corrected chi connectivity index (χ1v) is 3.84. The summed E-state index contributed by atoms with van der Waals surface area (Å²) < 4.78 is 0. The molecule has 1 aliphatic rings. The normalized spacial score (nSPS) is 17.1. The van der Waals surface area contributed by atoms with Crippen LogP contribution in [0.3, 0.4) is 0 Å². The highest BCUT2D eigenvalue weighted by Crippen LogP contribution is 2.16. The second-order valence-electron chi connectivity index (χ2n) is 3.39. The van der Waals surface area contributed by atoms with Crippen molar-refractivity contribution in [3.8, 4) is 0 Å². The van der Waals surface area contributed by atoms with E-state index in [2.05, 4.69) is 31.7 Å². The second-order valence-corrected chi connectivity index (χ2v) is 3.80. The maximum Gasteiger partial charge on any atom is 0.105 e. The Morgan fingerprint density at radius 3 is 2.55 bits per heavy atom. The van der Waals surface area contributed by atoms with E-state index in [9.17, 15) is 0 Å². The van der Waals surface area contributed by atoms with Gasteiger partial charge < -0.3 is 0 Å². The molecule has 1 aliphatic heterocycles. The van der Waals surface area contributed by atoms with E-state index in [4.69, 9.17) is 11.6 Å². The monoisotopic (exact) mass is 170 g/mol. The average Bonchev–Trinajstić information content (AvgIpc) is 1.86. The Hall–Kier alpha value is -0.720. The van der Waals surface area contributed by atoms with Gasteiger partial charge in [-0.05, 0) is 26.8 Å². The minimum Gasteiger partial charge on any atom is -0.259 e. The van der Waals surface area contributed by atoms with Crippen LogP contribution < -0.4 is 0 Å². The highest BCUT2D eigenvalue weighted by Gasteiger charge is 2.17. The van der Waals surface area contributed by atoms with Crippen molar-refractivity contribution in [3.63, 3.8) is 0 Å². The number of hydrogen-bond donors (Lipinski definition) is 0. The van der Waals surface area contributed by atoms with Gasteiger partial charge in [0.1, 0.15) is 5.03 Å². The molecule has 0 aromatic rings. The molecule has 0 bridgehead atoms. The van der Waals surface area contributed by atoms with Crippen molar-refractivity contribution < 1.29 is 0 Å². The summed E-state index contributed by atoms with van der Waals surface area (Å²) in [4.78, 5) is 0. The van der Waals surface area contributed by atoms with Gasteiger partial charge in [-0.2, -0.15) is 0 Å². The molecule has 0 aromatic heterocycles. The van der Waals surface area contributed by atoms with Gasteiger partial charge in [-0.3, -0.25) is 5.01 Å². The van der Waals surface area contributed by atoms with E-state index in [1.54, 1.807) is 6.08 Å². The van der Waals surface area contributed by atoms with Gasteiger partial charge >= 0.3 is 0 Å². The van der Waals surface area contributed by atoms with Crippen LogP contribution >= 0.6 is 11.6 Å². The van der Waals surface area contributed by atoms with Crippen LogP contribution in [-0.4, -0.2) is 16.4 Å². The molecule has 0 saturated carbocycles. The number of hydrazone groups is 1. The highest BCUT2D eigenvalue weighted by molar-refractivity contribution is 6.35. The Balaban J connectivity index is 2.84. The van der Waals surface area contributed by atoms with E-state index in [1.807, 2.05) is 11.2 Å². The van der Waals surface area contributed by atoms with E-state index in [-0.39, 0.29) is 5.54 Å². The number of rotatable bonds is 0. The average molecular weight is 171 g/mol. The molecule has 0 atom stereocenters. The molecule has 0 fully saturated rings. The second kappa shape index (κ2) is 2.72. The molecule has 0 unspecified atom stereocenters. The Morgan fingerprint density at radius 2 is 2.18 bits per heavy atom. The summed E-state index contributed by atoms with van der Waals surface area (Å²) in [6, 6.07) is 0. The van der Waals surface area contributed by atoms with Gasteiger partial charge in [0.05, 0.1) is 5.54 Å². The molecule has 0 aliphatic carbocycles. The number of halogens is 1. The van der Waals surface area contributed by atoms with Crippen molar-refractivity contribution in [1.82, 2.24) is 5.01 Å². The van der Waals surface area contributed by atoms with E-state index in [0.717, 1.165) is 0 Å². The van der Waals surface area contributed by atoms with Crippen molar-refractivity contribution in [2.75, 3.05) is 0 Å². The van der Waals surface area contributed by atoms with Crippen molar-refractivity contribution in [1.29, 1.82) is 0 Å². The van der Waals surface area contributed by atoms with Gasteiger partial charge in [-0.25, -0.2) is 0 Å². The van der Waals surface area contributed by atoms with Gasteiger partial charge in [-0.1, -0.05) is 11.6 Å². The zero-order valence-corrected chi connectivity index (χ0v) is 7.68. The fourth-order valence-electron chi connectivity index (χ4n) is 0.682. The van der Waals surface area contributed by atoms with Crippen molar-refractivity contribution >= 4 is 17.5 Å². The van der Waals surface area contributed by atoms with Gasteiger partial charge in [-0.15, -0.1) is 5.10 Å². The summed E-state index contributed by atoms with van der Waals surface area (Å²) in [6.45, 7) is 6.21. The predicted molar refractivity (Wildman–Crippen MR) is 47.5 cm³/mol. The highest BCUT2D eigenvalue weighted by atomic mass is 35.5. The predicted octanol–water partition coefficient (Wildman–Crippen LogP) is 2.32. The van der Waals surface area contributed by atoms with Crippen LogP contribution in [0, 0.1) is 0 Å². The van der Waals surface area contributed by atoms with Crippen LogP contribution in [0.4, 0.5) is 0 Å². The zero-order chi connectivity index (χ0) is 8.48. The van der Waals surface area contributed by atoms with Gasteiger partial charge in [0.25, 0.3) is 0 Å². The molecule has 2 nitrogen and oxygen atoms in total. The summed E-state index contributed by atoms with van der Waals surface area (Å²) in [6.07, 6.45) is 3.62. The summed E-state index contributed by atoms with van der Waals surface area (Å²) in [7, 11) is 0. The molecular weight excluding hydrogens is 160 g/mol. The Morgan fingerprint density at radius 1 is 1.55 bits per heavy atom. The van der Waals surface area contributed by atoms with E-state index >= 15 is 0 Å². The molecule has 1 rings (SSSR count). The topological polar surface area (TPSA) is 15.6 Å². The maximum atomic E-state index is 5.63. The quantitative estimate of drug-likeness (QED) is 0.545. The van der Waals surface area contributed by atoms with Gasteiger partial charge in [0, 0.05) is 12.1 Å². The molecule has 0 aromatic carbocycles. The standard InChI is InChI=1S/C8H11ClN2/c1-8(2,3)11-5-4-7(9)6-10-11/h4-5H,1-3H3. The molecular formula is C8H11ClN2. The summed E-state index contributed by atoms with van der Waals surface area (Å²) in [5.74, 6) is 2.68. The molecule has 0 saturated heterocycles. The number of hydrogen-bond acceptors (Lipinski definition) is 2. The van der Waals surface area contributed by atoms with E-state index < -0.39 is 0 Å². The van der Waals surface area contributed by atoms with E-state index in [1.165, 1.54) is 0 Å². The number of nitrogens with zero attached hydrogens (tertiary/aromatic N) is 2. The summed E-state index contributed by atoms with van der Waals surface area (Å²) >= 11 is 5.63. The summed E-state index contributed by atoms with van der Waals surface area (Å²) in [5.41, 5.74) is 0.00108. The minimum absolute atomic E-state index is 0.00108. The molecule has 3 heteroatoms. The third-order valence-corrected chi connectivity index (χ3v) is 1.52. The van der Waals surface area contributed by atoms with Gasteiger partial charge in [0.15, 0.2) is 0 Å². The zero-order valence-electron chi connectivity index (χ0n) is 6.93. The molecule has 0 N–H and O–H groups in total. The lowest BCUT2D eigenvalue weighted by atomic mass is 10.1. The minimum atomic E-state index is 0.00108. The Kier molecular flexibility index (Phi) is 2.08. The lowest BCUT2D eigenvalue weighted by Gasteiger charge is -2.29. The Labute approximate surface area is 71.8 Å². The largest absolute Gasteiger partial charge is 0.259 e. The van der Waals surface area contributed by atoms with Crippen LogP contribution in [0.5, 0.6) is 0 Å². The van der Waals surface area contributed by atoms with Crippen molar-refractivity contribution in [2.24, 2.45) is 5.10 Å². The first-order valence-electron chi connectivity index (χ1n) is 3.47. The molecule has 0 amide bonds. The van der Waals surface area contributed by atoms with Crippen LogP contribution in [-0.2, 0) is 0 Å². The maximum absolute atomic E-state index is 5.63. The summed E-state index contributed by atoms with van der Waals surface area (Å²) in [5, 5.41) is 6.37. The fraction of sp³-hybridized carbons (Fsp3) is 0.500. The lowest BCUT2D eigenvalue weighted by molar-refractivity contribution is 0.215. The SMILES string of the molecule is CC(C)(C)N1C=CC(Cl)=C=N1. The number of allylic oxidation sites excluding steroid dienone is 2. The first kappa shape index (κ1) is 8.38. The van der Waals surface area contributed by atoms with Crippen molar-refractivity contribution in [3.05, 3.63) is 17.3 Å². The third kappa shape index (κ3) is 2.11. The first-order chi connectivity index (χ1) is 5.00. The van der Waals surface area contributed by atoms with Crippen LogP contribution in [0.15, 0.2) is 22.4 Å². The molecule has 1 heterocycles. The smallest absolute Gasteiger partial charge is 0.105 e. The van der Waals surface area contributed by atoms with Crippen LogP contribution in [0.25, 0.3) is 0 Å². The van der Waals surface area contributed by atoms with Crippen LogP contribution in [0.1, 0.15) is 20.8 Å². The molecule has 60 valence electrons. The third-order valence-electron chi connectivity index (χ3n) is 1.31. The molecule has 0 spiro atoms. The molecule has 0 radical (unpaired) electrons. The van der Waals surface area contributed by atoms with Crippen LogP contribution in [0.2, 0.25) is 0 Å². The fourth-order valence-corrected chi connectivity index (χ4v) is 0.776. The van der Waals surface area contributed by atoms with Crippen molar-refractivity contribution in [2.45, 2.75) is 26.3 Å². The molecule has 11 heavy (non-hydrogen) atoms. The van der Waals surface area contributed by atoms with Gasteiger partial charge in [0.2, 0.25) is 0 Å². The van der Waals surface area contributed by atoms with E-state index in [0.29, 0.717) is 5.03 Å².